The second kappa shape index (κ2) is 8.19. The van der Waals surface area contributed by atoms with Gasteiger partial charge in [-0.2, -0.15) is 0 Å². The third-order valence-corrected chi connectivity index (χ3v) is 5.17. The van der Waals surface area contributed by atoms with Gasteiger partial charge < -0.3 is 9.47 Å². The molecule has 3 nitrogen and oxygen atoms in total. The molecule has 0 spiro atoms. The molecule has 0 saturated heterocycles. The molecule has 0 aliphatic heterocycles. The molecule has 0 bridgehead atoms. The molecule has 0 heterocycles. The second-order valence-corrected chi connectivity index (χ2v) is 6.89. The topological polar surface area (TPSA) is 35.5 Å². The lowest BCUT2D eigenvalue weighted by Gasteiger charge is -2.35. The highest BCUT2D eigenvalue weighted by Crippen LogP contribution is 2.42. The molecule has 0 unspecified atom stereocenters. The lowest BCUT2D eigenvalue weighted by molar-refractivity contribution is -0.155. The molecule has 3 rings (SSSR count). The zero-order chi connectivity index (χ0) is 17.5. The smallest absolute Gasteiger partial charge is 0.312 e. The lowest BCUT2D eigenvalue weighted by atomic mass is 9.70. The van der Waals surface area contributed by atoms with Gasteiger partial charge in [-0.25, -0.2) is 0 Å². The van der Waals surface area contributed by atoms with Crippen LogP contribution in [0.5, 0.6) is 5.75 Å². The summed E-state index contributed by atoms with van der Waals surface area (Å²) in [5.41, 5.74) is 1.82. The van der Waals surface area contributed by atoms with Crippen LogP contribution in [0.15, 0.2) is 54.6 Å². The zero-order valence-corrected chi connectivity index (χ0v) is 14.9. The van der Waals surface area contributed by atoms with Crippen LogP contribution in [-0.4, -0.2) is 13.1 Å². The molecule has 1 aliphatic rings. The maximum Gasteiger partial charge on any atom is 0.312 e. The van der Waals surface area contributed by atoms with E-state index in [9.17, 15) is 4.79 Å². The van der Waals surface area contributed by atoms with E-state index >= 15 is 0 Å². The van der Waals surface area contributed by atoms with Crippen molar-refractivity contribution in [3.63, 3.8) is 0 Å². The quantitative estimate of drug-likeness (QED) is 0.701. The fraction of sp³-hybridized carbons (Fsp3) is 0.409. The molecule has 3 heteroatoms. The maximum absolute atomic E-state index is 12.5. The minimum Gasteiger partial charge on any atom is -0.489 e. The Morgan fingerprint density at radius 1 is 0.960 bits per heavy atom. The van der Waals surface area contributed by atoms with Crippen LogP contribution in [0.1, 0.15) is 43.2 Å². The average molecular weight is 338 g/mol. The molecule has 25 heavy (non-hydrogen) atoms. The van der Waals surface area contributed by atoms with Gasteiger partial charge in [-0.1, -0.05) is 67.8 Å². The summed E-state index contributed by atoms with van der Waals surface area (Å²) in [6.07, 6.45) is 5.85. The van der Waals surface area contributed by atoms with E-state index in [4.69, 9.17) is 9.47 Å². The van der Waals surface area contributed by atoms with E-state index in [2.05, 4.69) is 18.2 Å². The number of hydrogen-bond donors (Lipinski definition) is 0. The average Bonchev–Trinajstić information content (AvgIpc) is 2.68. The van der Waals surface area contributed by atoms with Crippen molar-refractivity contribution in [1.29, 1.82) is 0 Å². The number of esters is 1. The number of ether oxygens (including phenoxy) is 2. The molecular weight excluding hydrogens is 312 g/mol. The molecule has 1 saturated carbocycles. The van der Waals surface area contributed by atoms with E-state index in [0.29, 0.717) is 13.0 Å². The Bertz CT molecular complexity index is 687. The summed E-state index contributed by atoms with van der Waals surface area (Å²) in [4.78, 5) is 12.5. The molecule has 0 N–H and O–H groups in total. The first kappa shape index (κ1) is 17.5. The number of carbonyl (C=O) groups is 1. The summed E-state index contributed by atoms with van der Waals surface area (Å²) < 4.78 is 11.2. The van der Waals surface area contributed by atoms with Crippen molar-refractivity contribution in [3.8, 4) is 5.75 Å². The monoisotopic (exact) mass is 338 g/mol. The van der Waals surface area contributed by atoms with Gasteiger partial charge in [0, 0.05) is 0 Å². The maximum atomic E-state index is 12.5. The largest absolute Gasteiger partial charge is 0.489 e. The van der Waals surface area contributed by atoms with Crippen LogP contribution >= 0.6 is 0 Å². The summed E-state index contributed by atoms with van der Waals surface area (Å²) in [6, 6.07) is 18.2. The van der Waals surface area contributed by atoms with E-state index in [-0.39, 0.29) is 5.97 Å². The van der Waals surface area contributed by atoms with Crippen LogP contribution < -0.4 is 4.74 Å². The molecule has 132 valence electrons. The Labute approximate surface area is 150 Å². The normalized spacial score (nSPS) is 16.2. The lowest BCUT2D eigenvalue weighted by Crippen LogP contribution is -2.36. The molecule has 0 atom stereocenters. The van der Waals surface area contributed by atoms with Crippen LogP contribution in [-0.2, 0) is 22.6 Å². The van der Waals surface area contributed by atoms with Crippen LogP contribution in [0.3, 0.4) is 0 Å². The number of rotatable bonds is 6. The van der Waals surface area contributed by atoms with Crippen molar-refractivity contribution in [2.45, 2.75) is 45.1 Å². The van der Waals surface area contributed by atoms with Gasteiger partial charge in [0.25, 0.3) is 0 Å². The molecule has 1 fully saturated rings. The first-order valence-electron chi connectivity index (χ1n) is 9.07. The minimum atomic E-state index is -0.404. The number of benzene rings is 2. The van der Waals surface area contributed by atoms with Crippen LogP contribution in [0.25, 0.3) is 0 Å². The molecule has 1 aliphatic carbocycles. The Morgan fingerprint density at radius 3 is 2.36 bits per heavy atom. The highest BCUT2D eigenvalue weighted by molar-refractivity contribution is 5.77. The van der Waals surface area contributed by atoms with Crippen LogP contribution in [0, 0.1) is 5.41 Å². The van der Waals surface area contributed by atoms with Crippen molar-refractivity contribution in [1.82, 2.24) is 0 Å². The Morgan fingerprint density at radius 2 is 1.64 bits per heavy atom. The number of hydrogen-bond acceptors (Lipinski definition) is 3. The molecule has 0 radical (unpaired) electrons. The predicted molar refractivity (Wildman–Crippen MR) is 98.5 cm³/mol. The summed E-state index contributed by atoms with van der Waals surface area (Å²) in [6.45, 7) is 0.531. The molecule has 2 aromatic rings. The van der Waals surface area contributed by atoms with Gasteiger partial charge in [-0.3, -0.25) is 4.79 Å². The SMILES string of the molecule is COC(=O)C1(Cc2ccccc2OCc2ccccc2)CCCCC1. The molecule has 2 aromatic carbocycles. The van der Waals surface area contributed by atoms with E-state index in [0.717, 1.165) is 42.6 Å². The van der Waals surface area contributed by atoms with Crippen molar-refractivity contribution >= 4 is 5.97 Å². The van der Waals surface area contributed by atoms with Crippen LogP contribution in [0.2, 0.25) is 0 Å². The zero-order valence-electron chi connectivity index (χ0n) is 14.9. The summed E-state index contributed by atoms with van der Waals surface area (Å²) in [5, 5.41) is 0. The predicted octanol–water partition coefficient (Wildman–Crippen LogP) is 4.93. The highest BCUT2D eigenvalue weighted by atomic mass is 16.5. The third-order valence-electron chi connectivity index (χ3n) is 5.17. The number of methoxy groups -OCH3 is 1. The first-order chi connectivity index (χ1) is 12.2. The van der Waals surface area contributed by atoms with E-state index in [1.165, 1.54) is 13.5 Å². The summed E-state index contributed by atoms with van der Waals surface area (Å²) >= 11 is 0. The van der Waals surface area contributed by atoms with Crippen molar-refractivity contribution < 1.29 is 14.3 Å². The Balaban J connectivity index is 1.78. The summed E-state index contributed by atoms with van der Waals surface area (Å²) in [7, 11) is 1.50. The van der Waals surface area contributed by atoms with Gasteiger partial charge in [-0.05, 0) is 36.5 Å². The molecule has 0 amide bonds. The fourth-order valence-corrected chi connectivity index (χ4v) is 3.79. The van der Waals surface area contributed by atoms with E-state index in [1.54, 1.807) is 0 Å². The van der Waals surface area contributed by atoms with Gasteiger partial charge in [0.1, 0.15) is 12.4 Å². The molecular formula is C22H26O3. The summed E-state index contributed by atoms with van der Waals surface area (Å²) in [5.74, 6) is 0.783. The van der Waals surface area contributed by atoms with E-state index in [1.807, 2.05) is 36.4 Å². The number of para-hydroxylation sites is 1. The third kappa shape index (κ3) is 4.22. The second-order valence-electron chi connectivity index (χ2n) is 6.89. The Hall–Kier alpha value is -2.29. The molecule has 0 aromatic heterocycles. The standard InChI is InChI=1S/C22H26O3/c1-24-21(23)22(14-8-3-9-15-22)16-19-12-6-7-13-20(19)25-17-18-10-4-2-5-11-18/h2,4-7,10-13H,3,8-9,14-17H2,1H3. The van der Waals surface area contributed by atoms with E-state index < -0.39 is 5.41 Å². The first-order valence-corrected chi connectivity index (χ1v) is 9.07. The van der Waals surface area contributed by atoms with Gasteiger partial charge >= 0.3 is 5.97 Å². The highest BCUT2D eigenvalue weighted by Gasteiger charge is 2.41. The van der Waals surface area contributed by atoms with Gasteiger partial charge in [0.05, 0.1) is 12.5 Å². The number of carbonyl (C=O) groups excluding carboxylic acids is 1. The van der Waals surface area contributed by atoms with Crippen molar-refractivity contribution in [3.05, 3.63) is 65.7 Å². The van der Waals surface area contributed by atoms with Gasteiger partial charge in [0.2, 0.25) is 0 Å². The van der Waals surface area contributed by atoms with Crippen molar-refractivity contribution in [2.75, 3.05) is 7.11 Å². The minimum absolute atomic E-state index is 0.0786. The van der Waals surface area contributed by atoms with Gasteiger partial charge in [0.15, 0.2) is 0 Å². The van der Waals surface area contributed by atoms with Crippen LogP contribution in [0.4, 0.5) is 0 Å². The fourth-order valence-electron chi connectivity index (χ4n) is 3.79. The van der Waals surface area contributed by atoms with Crippen molar-refractivity contribution in [2.24, 2.45) is 5.41 Å². The Kier molecular flexibility index (Phi) is 5.75. The van der Waals surface area contributed by atoms with Gasteiger partial charge in [-0.15, -0.1) is 0 Å².